The number of ether oxygens (including phenoxy) is 3. The average molecular weight is 677 g/mol. The zero-order valence-corrected chi connectivity index (χ0v) is 30.9. The van der Waals surface area contributed by atoms with Crippen molar-refractivity contribution in [2.45, 2.75) is 59.7 Å². The number of hydrogen-bond donors (Lipinski definition) is 1. The summed E-state index contributed by atoms with van der Waals surface area (Å²) >= 11 is 0. The third-order valence-corrected chi connectivity index (χ3v) is 5.54. The van der Waals surface area contributed by atoms with Gasteiger partial charge in [0.2, 0.25) is 0 Å². The fourth-order valence-corrected chi connectivity index (χ4v) is 3.21. The Bertz CT molecular complexity index is 1510. The largest absolute Gasteiger partial charge is 0.508 e. The topological polar surface area (TPSA) is 65.0 Å². The molecule has 50 heavy (non-hydrogen) atoms. The third-order valence-electron chi connectivity index (χ3n) is 5.54. The highest BCUT2D eigenvalue weighted by molar-refractivity contribution is 5.81. The Morgan fingerprint density at radius 2 is 1.00 bits per heavy atom. The van der Waals surface area contributed by atoms with Crippen molar-refractivity contribution in [2.24, 2.45) is 0 Å². The molecule has 266 valence electrons. The number of benzene rings is 4. The van der Waals surface area contributed by atoms with E-state index in [1.165, 1.54) is 11.1 Å². The van der Waals surface area contributed by atoms with Crippen molar-refractivity contribution in [3.8, 4) is 5.75 Å². The molecule has 0 spiro atoms. The fraction of sp³-hybridized carbons (Fsp3) is 0.222. The summed E-state index contributed by atoms with van der Waals surface area (Å²) in [6, 6.07) is 37.1. The molecule has 0 aromatic heterocycles. The maximum Gasteiger partial charge on any atom is 0.330 e. The van der Waals surface area contributed by atoms with Crippen molar-refractivity contribution in [1.29, 1.82) is 0 Å². The van der Waals surface area contributed by atoms with Gasteiger partial charge in [0, 0.05) is 6.08 Å². The molecule has 4 rings (SSSR count). The van der Waals surface area contributed by atoms with Crippen LogP contribution in [0.15, 0.2) is 154 Å². The summed E-state index contributed by atoms with van der Waals surface area (Å²) in [4.78, 5) is 10.5. The lowest BCUT2D eigenvalue weighted by atomic mass is 10.2. The summed E-state index contributed by atoms with van der Waals surface area (Å²) in [5.41, 5.74) is 4.02. The van der Waals surface area contributed by atoms with Crippen LogP contribution in [0.4, 0.5) is 0 Å². The van der Waals surface area contributed by atoms with E-state index in [1.54, 1.807) is 30.7 Å². The Balaban J connectivity index is 0.000000607. The van der Waals surface area contributed by atoms with E-state index in [0.717, 1.165) is 23.8 Å². The zero-order valence-electron chi connectivity index (χ0n) is 30.9. The number of aromatic hydroxyl groups is 1. The predicted molar refractivity (Wildman–Crippen MR) is 214 cm³/mol. The van der Waals surface area contributed by atoms with Crippen molar-refractivity contribution < 1.29 is 24.1 Å². The summed E-state index contributed by atoms with van der Waals surface area (Å²) in [7, 11) is 0. The maximum absolute atomic E-state index is 10.5. The molecule has 0 heterocycles. The lowest BCUT2D eigenvalue weighted by Crippen LogP contribution is -2.22. The number of carbonyl (C=O) groups is 1. The highest BCUT2D eigenvalue weighted by Crippen LogP contribution is 2.10. The predicted octanol–water partition coefficient (Wildman–Crippen LogP) is 12.0. The van der Waals surface area contributed by atoms with Gasteiger partial charge in [-0.3, -0.25) is 0 Å². The van der Waals surface area contributed by atoms with Crippen LogP contribution in [0.25, 0.3) is 24.3 Å². The maximum atomic E-state index is 10.5. The second-order valence-corrected chi connectivity index (χ2v) is 12.3. The van der Waals surface area contributed by atoms with E-state index in [9.17, 15) is 4.79 Å². The van der Waals surface area contributed by atoms with Crippen LogP contribution in [-0.4, -0.2) is 28.9 Å². The molecule has 0 saturated carbocycles. The van der Waals surface area contributed by atoms with E-state index in [0.29, 0.717) is 5.75 Å². The van der Waals surface area contributed by atoms with Gasteiger partial charge in [0.1, 0.15) is 11.4 Å². The van der Waals surface area contributed by atoms with Gasteiger partial charge >= 0.3 is 5.97 Å². The molecule has 0 radical (unpaired) electrons. The Hall–Kier alpha value is -5.55. The van der Waals surface area contributed by atoms with Crippen molar-refractivity contribution in [3.05, 3.63) is 176 Å². The molecule has 5 heteroatoms. The van der Waals surface area contributed by atoms with Crippen molar-refractivity contribution in [3.63, 3.8) is 0 Å². The first-order valence-corrected chi connectivity index (χ1v) is 16.4. The molecule has 1 N–H and O–H groups in total. The number of phenols is 1. The fourth-order valence-electron chi connectivity index (χ4n) is 3.21. The lowest BCUT2D eigenvalue weighted by Gasteiger charge is -2.17. The third kappa shape index (κ3) is 27.6. The second-order valence-electron chi connectivity index (χ2n) is 12.3. The molecule has 0 fully saturated rings. The Morgan fingerprint density at radius 1 is 0.600 bits per heavy atom. The number of esters is 1. The first-order chi connectivity index (χ1) is 23.7. The summed E-state index contributed by atoms with van der Waals surface area (Å²) in [5, 5.41) is 8.82. The molecule has 0 amide bonds. The Morgan fingerprint density at radius 3 is 1.32 bits per heavy atom. The number of hydrogen-bond acceptors (Lipinski definition) is 5. The summed E-state index contributed by atoms with van der Waals surface area (Å²) < 4.78 is 15.3. The summed E-state index contributed by atoms with van der Waals surface area (Å²) in [6.07, 6.45) is 12.1. The molecular formula is C45H56O5. The number of rotatable bonds is 8. The minimum Gasteiger partial charge on any atom is -0.508 e. The molecule has 0 aliphatic heterocycles. The van der Waals surface area contributed by atoms with Gasteiger partial charge in [0.05, 0.1) is 24.7 Å². The van der Waals surface area contributed by atoms with Gasteiger partial charge in [0.25, 0.3) is 0 Å². The smallest absolute Gasteiger partial charge is 0.330 e. The highest BCUT2D eigenvalue weighted by Gasteiger charge is 2.13. The minimum atomic E-state index is -0.398. The van der Waals surface area contributed by atoms with Crippen LogP contribution in [0.2, 0.25) is 0 Å². The quantitative estimate of drug-likeness (QED) is 0.114. The molecular weight excluding hydrogens is 620 g/mol. The van der Waals surface area contributed by atoms with E-state index < -0.39 is 5.60 Å². The molecule has 0 atom stereocenters. The van der Waals surface area contributed by atoms with Crippen molar-refractivity contribution >= 4 is 30.3 Å². The van der Waals surface area contributed by atoms with Crippen LogP contribution in [0.1, 0.15) is 70.7 Å². The SMILES string of the molecule is C=CC(=O)OC(C)(C)C.C=Cc1ccc(O)cc1.C=Cc1ccccc1.CC(C)(C)OC=Cc1ccccc1.CCOC=Cc1ccccc1. The summed E-state index contributed by atoms with van der Waals surface area (Å²) in [6.45, 7) is 24.7. The van der Waals surface area contributed by atoms with E-state index in [1.807, 2.05) is 170 Å². The van der Waals surface area contributed by atoms with Crippen LogP contribution in [0.3, 0.4) is 0 Å². The minimum absolute atomic E-state index is 0.106. The van der Waals surface area contributed by atoms with Gasteiger partial charge in [-0.25, -0.2) is 4.79 Å². The van der Waals surface area contributed by atoms with Crippen molar-refractivity contribution in [1.82, 2.24) is 0 Å². The van der Waals surface area contributed by atoms with Gasteiger partial charge in [0.15, 0.2) is 0 Å². The van der Waals surface area contributed by atoms with Crippen LogP contribution in [0, 0.1) is 0 Å². The number of carbonyl (C=O) groups excluding carboxylic acids is 1. The first kappa shape index (κ1) is 44.5. The van der Waals surface area contributed by atoms with Crippen LogP contribution in [-0.2, 0) is 19.0 Å². The van der Waals surface area contributed by atoms with E-state index >= 15 is 0 Å². The molecule has 0 saturated heterocycles. The van der Waals surface area contributed by atoms with Crippen molar-refractivity contribution in [2.75, 3.05) is 6.61 Å². The molecule has 4 aromatic carbocycles. The van der Waals surface area contributed by atoms with E-state index in [4.69, 9.17) is 19.3 Å². The molecule has 0 aliphatic rings. The average Bonchev–Trinajstić information content (AvgIpc) is 3.10. The molecule has 0 aliphatic carbocycles. The normalized spacial score (nSPS) is 10.2. The van der Waals surface area contributed by atoms with E-state index in [-0.39, 0.29) is 11.6 Å². The summed E-state index contributed by atoms with van der Waals surface area (Å²) in [5.74, 6) is -0.0805. The molecule has 0 unspecified atom stereocenters. The highest BCUT2D eigenvalue weighted by atomic mass is 16.6. The lowest BCUT2D eigenvalue weighted by molar-refractivity contribution is -0.148. The van der Waals surface area contributed by atoms with Gasteiger partial charge in [-0.15, -0.1) is 0 Å². The Kier molecular flexibility index (Phi) is 23.5. The first-order valence-electron chi connectivity index (χ1n) is 16.4. The molecule has 5 nitrogen and oxygen atoms in total. The number of phenolic OH excluding ortho intramolecular Hbond substituents is 1. The van der Waals surface area contributed by atoms with Crippen LogP contribution < -0.4 is 0 Å². The van der Waals surface area contributed by atoms with Crippen LogP contribution in [0.5, 0.6) is 5.75 Å². The standard InChI is InChI=1S/C12H16O.C10H12O.C8H8O.C8H8.C7H12O2/c1-12(2,3)13-10-9-11-7-5-4-6-8-11;1-2-11-9-8-10-6-4-3-5-7-10;1-2-7-3-5-8(9)6-4-7;1-2-8-6-4-3-5-7-8;1-5-6(8)9-7(2,3)4/h4-10H,1-3H3;3-9H,2H2,1H3;2-6,9H,1H2;2-7H,1H2;5H,1H2,2-4H3. The van der Waals surface area contributed by atoms with Gasteiger partial charge in [-0.2, -0.15) is 0 Å². The van der Waals surface area contributed by atoms with Gasteiger partial charge in [-0.1, -0.05) is 135 Å². The van der Waals surface area contributed by atoms with Crippen LogP contribution >= 0.6 is 0 Å². The van der Waals surface area contributed by atoms with Gasteiger partial charge < -0.3 is 19.3 Å². The second kappa shape index (κ2) is 26.4. The molecule has 0 bridgehead atoms. The van der Waals surface area contributed by atoms with E-state index in [2.05, 4.69) is 19.7 Å². The zero-order chi connectivity index (χ0) is 37.7. The molecule has 4 aromatic rings. The Labute approximate surface area is 301 Å². The monoisotopic (exact) mass is 676 g/mol. The van der Waals surface area contributed by atoms with Gasteiger partial charge in [-0.05, 0) is 95.0 Å².